The third kappa shape index (κ3) is 14.4. The number of carboxylic acids is 2. The molecular formula is C42H53N8O11+. The van der Waals surface area contributed by atoms with Gasteiger partial charge in [0.15, 0.2) is 6.04 Å². The van der Waals surface area contributed by atoms with Crippen LogP contribution in [0.2, 0.25) is 0 Å². The van der Waals surface area contributed by atoms with Crippen LogP contribution in [0.4, 0.5) is 0 Å². The molecule has 0 aliphatic heterocycles. The summed E-state index contributed by atoms with van der Waals surface area (Å²) in [6.45, 7) is -0.330. The number of benzene rings is 2. The molecule has 1 aliphatic carbocycles. The number of quaternary nitrogens is 2. The van der Waals surface area contributed by atoms with E-state index in [-0.39, 0.29) is 18.6 Å². The standard InChI is InChI=1S/C42H51N8O11/c43-17-7-6-11-29(44)37(55)46-33(21-36(53)54)40(58)48-32(20-26-22-45-30-12-5-4-10-28(26)30)39(57)50-35(23-51)41(59)47-31(18-24-8-2-1-3-9-24)38(56)49-34(42(60)61)19-25-13-15-27(52)16-14-25/h1-5,8-10,12-16,19,22,29,31-35,45,51-52H,6-7,11,17-18,20-21,23,43-44H2,(H,46,55)(H,47,59)(H,48,58)(H,49,56)(H,50,57)(H,53,54)(H,60,61)/q-1/p+2/t29-,31-,32-,33-,34-,35-/m0/s1. The molecule has 19 nitrogen and oxygen atoms in total. The Morgan fingerprint density at radius 2 is 1.34 bits per heavy atom. The van der Waals surface area contributed by atoms with Crippen LogP contribution in [0.25, 0.3) is 10.9 Å². The first-order valence-electron chi connectivity index (χ1n) is 19.6. The highest BCUT2D eigenvalue weighted by Gasteiger charge is 2.34. The van der Waals surface area contributed by atoms with Crippen molar-refractivity contribution in [3.05, 3.63) is 114 Å². The smallest absolute Gasteiger partial charge is 0.320 e. The summed E-state index contributed by atoms with van der Waals surface area (Å²) in [5.74, 6) is -7.48. The zero-order valence-corrected chi connectivity index (χ0v) is 33.3. The maximum Gasteiger partial charge on any atom is 0.320 e. The molecule has 0 spiro atoms. The maximum atomic E-state index is 14.1. The molecule has 2 aromatic carbocycles. The summed E-state index contributed by atoms with van der Waals surface area (Å²) in [6, 6.07) is 6.96. The van der Waals surface area contributed by atoms with E-state index in [1.807, 2.05) is 0 Å². The minimum Gasteiger partial charge on any atom is -0.551 e. The number of fused-ring (bicyclic) bond motifs is 1. The molecule has 0 saturated heterocycles. The molecule has 0 bridgehead atoms. The zero-order valence-electron chi connectivity index (χ0n) is 33.3. The average Bonchev–Trinajstić information content (AvgIpc) is 3.64. The average molecular weight is 846 g/mol. The Morgan fingerprint density at radius 3 is 1.98 bits per heavy atom. The quantitative estimate of drug-likeness (QED) is 0.0369. The van der Waals surface area contributed by atoms with E-state index >= 15 is 0 Å². The number of hydrogen-bond donors (Lipinski definition) is 12. The molecule has 6 atom stereocenters. The van der Waals surface area contributed by atoms with Gasteiger partial charge in [-0.15, -0.1) is 36.3 Å². The maximum absolute atomic E-state index is 14.1. The number of rotatable bonds is 23. The van der Waals surface area contributed by atoms with Gasteiger partial charge >= 0.3 is 11.9 Å². The van der Waals surface area contributed by atoms with Gasteiger partial charge in [-0.3, -0.25) is 33.6 Å². The lowest BCUT2D eigenvalue weighted by atomic mass is 10.0. The second-order valence-corrected chi connectivity index (χ2v) is 14.4. The van der Waals surface area contributed by atoms with Crippen LogP contribution >= 0.6 is 0 Å². The van der Waals surface area contributed by atoms with Crippen LogP contribution in [0.15, 0.2) is 96.4 Å². The molecule has 326 valence electrons. The number of amides is 5. The first-order valence-corrected chi connectivity index (χ1v) is 19.6. The minimum absolute atomic E-state index is 0.0545. The van der Waals surface area contributed by atoms with Crippen LogP contribution in [0, 0.1) is 6.42 Å². The van der Waals surface area contributed by atoms with E-state index in [1.165, 1.54) is 30.7 Å². The molecule has 3 aromatic rings. The van der Waals surface area contributed by atoms with Gasteiger partial charge in [-0.2, -0.15) is 0 Å². The van der Waals surface area contributed by atoms with Crippen molar-refractivity contribution in [1.82, 2.24) is 31.6 Å². The predicted molar refractivity (Wildman–Crippen MR) is 219 cm³/mol. The van der Waals surface area contributed by atoms with E-state index in [2.05, 4.69) is 43.0 Å². The summed E-state index contributed by atoms with van der Waals surface area (Å²) in [5.41, 5.74) is 9.80. The van der Waals surface area contributed by atoms with Gasteiger partial charge in [0.25, 0.3) is 5.91 Å². The van der Waals surface area contributed by atoms with Gasteiger partial charge in [0.1, 0.15) is 30.2 Å². The van der Waals surface area contributed by atoms with E-state index in [1.54, 1.807) is 60.8 Å². The second-order valence-electron chi connectivity index (χ2n) is 14.4. The van der Waals surface area contributed by atoms with Gasteiger partial charge < -0.3 is 63.5 Å². The van der Waals surface area contributed by atoms with Crippen LogP contribution in [-0.2, 0) is 46.4 Å². The lowest BCUT2D eigenvalue weighted by molar-refractivity contribution is -0.406. The molecule has 0 radical (unpaired) electrons. The van der Waals surface area contributed by atoms with E-state index in [0.717, 1.165) is 6.42 Å². The summed E-state index contributed by atoms with van der Waals surface area (Å²) < 4.78 is 0. The summed E-state index contributed by atoms with van der Waals surface area (Å²) in [5, 5.41) is 52.4. The monoisotopic (exact) mass is 845 g/mol. The highest BCUT2D eigenvalue weighted by molar-refractivity contribution is 5.98. The van der Waals surface area contributed by atoms with Gasteiger partial charge in [0.2, 0.25) is 23.6 Å². The Morgan fingerprint density at radius 1 is 0.738 bits per heavy atom. The summed E-state index contributed by atoms with van der Waals surface area (Å²) >= 11 is 0. The number of carbonyl (C=O) groups excluding carboxylic acids is 5. The van der Waals surface area contributed by atoms with E-state index in [0.29, 0.717) is 47.0 Å². The fraction of sp³-hybridized carbons (Fsp3) is 0.333. The largest absolute Gasteiger partial charge is 0.551 e. The molecule has 0 unspecified atom stereocenters. The van der Waals surface area contributed by atoms with E-state index in [4.69, 9.17) is 0 Å². The number of H-pyrrole nitrogens is 1. The van der Waals surface area contributed by atoms with Crippen molar-refractivity contribution in [3.8, 4) is 0 Å². The first-order chi connectivity index (χ1) is 29.2. The van der Waals surface area contributed by atoms with Crippen LogP contribution in [0.1, 0.15) is 36.8 Å². The molecule has 1 aliphatic rings. The topological polar surface area (TPSA) is 332 Å². The number of aliphatic hydroxyl groups excluding tert-OH is 2. The third-order valence-electron chi connectivity index (χ3n) is 9.71. The molecule has 19 heteroatoms. The Labute approximate surface area is 350 Å². The summed E-state index contributed by atoms with van der Waals surface area (Å²) in [7, 11) is 0. The molecule has 0 saturated carbocycles. The van der Waals surface area contributed by atoms with Crippen LogP contribution in [-0.4, -0.2) is 116 Å². The number of carbonyl (C=O) groups is 7. The summed E-state index contributed by atoms with van der Waals surface area (Å²) in [6.07, 6.45) is 8.99. The van der Waals surface area contributed by atoms with E-state index < -0.39 is 90.8 Å². The Bertz CT molecular complexity index is 2130. The van der Waals surface area contributed by atoms with Crippen molar-refractivity contribution in [2.45, 2.75) is 74.8 Å². The number of allylic oxidation sites excluding steroid dienone is 4. The third-order valence-corrected chi connectivity index (χ3v) is 9.71. The van der Waals surface area contributed by atoms with Crippen molar-refractivity contribution in [2.75, 3.05) is 13.2 Å². The lowest BCUT2D eigenvalue weighted by Crippen LogP contribution is -2.69. The molecular weight excluding hydrogens is 793 g/mol. The SMILES string of the molecule is [NH3+]CCCC[C@H]([NH3+])C(=O)N[C@@H](CC(=O)O)C(=O)N[C@@H](Cc1c[nH]c2ccccc12)C(=O)N[C@@H](CO)C(=O)N[C@@H](Cc1ccccc1)C(=O)N[C@@H](/C=C1/C=CC(O)=C[CH-]1)C(=O)O. The highest BCUT2D eigenvalue weighted by Crippen LogP contribution is 2.20. The number of carboxylic acid groups (broad SMARTS) is 2. The van der Waals surface area contributed by atoms with Gasteiger partial charge in [-0.05, 0) is 30.0 Å². The van der Waals surface area contributed by atoms with Crippen molar-refractivity contribution in [3.63, 3.8) is 0 Å². The Hall–Kier alpha value is -6.96. The number of aromatic nitrogens is 1. The van der Waals surface area contributed by atoms with Crippen molar-refractivity contribution in [2.24, 2.45) is 0 Å². The number of para-hydroxylation sites is 1. The lowest BCUT2D eigenvalue weighted by Gasteiger charge is -2.26. The Kier molecular flexibility index (Phi) is 17.6. The fourth-order valence-corrected chi connectivity index (χ4v) is 6.38. The van der Waals surface area contributed by atoms with Gasteiger partial charge in [-0.1, -0.05) is 48.5 Å². The molecule has 61 heavy (non-hydrogen) atoms. The first kappa shape index (κ1) is 46.7. The van der Waals surface area contributed by atoms with Crippen LogP contribution < -0.4 is 38.1 Å². The molecule has 16 N–H and O–H groups in total. The number of aromatic amines is 1. The second kappa shape index (κ2) is 23.0. The molecule has 5 amide bonds. The predicted octanol–water partition coefficient (Wildman–Crippen LogP) is -1.91. The van der Waals surface area contributed by atoms with Crippen LogP contribution in [0.3, 0.4) is 0 Å². The Balaban J connectivity index is 1.57. The normalized spacial score (nSPS) is 15.8. The number of aliphatic carboxylic acids is 2. The van der Waals surface area contributed by atoms with Gasteiger partial charge in [0.05, 0.1) is 19.6 Å². The molecule has 0 fully saturated rings. The fourth-order valence-electron chi connectivity index (χ4n) is 6.38. The number of unbranched alkanes of at least 4 members (excludes halogenated alkanes) is 1. The number of hydrogen-bond acceptors (Lipinski definition) is 9. The minimum atomic E-state index is -1.71. The number of aliphatic hydroxyl groups is 2. The van der Waals surface area contributed by atoms with Gasteiger partial charge in [-0.25, -0.2) is 0 Å². The van der Waals surface area contributed by atoms with Crippen molar-refractivity contribution < 1.29 is 65.5 Å². The number of nitrogens with one attached hydrogen (secondary N) is 6. The van der Waals surface area contributed by atoms with E-state index in [9.17, 15) is 54.0 Å². The van der Waals surface area contributed by atoms with Crippen molar-refractivity contribution >= 4 is 52.4 Å². The molecule has 1 heterocycles. The van der Waals surface area contributed by atoms with Crippen molar-refractivity contribution in [1.29, 1.82) is 0 Å². The highest BCUT2D eigenvalue weighted by atomic mass is 16.4. The molecule has 4 rings (SSSR count). The molecule has 1 aromatic heterocycles. The zero-order chi connectivity index (χ0) is 44.5. The summed E-state index contributed by atoms with van der Waals surface area (Å²) in [4.78, 5) is 95.3. The van der Waals surface area contributed by atoms with Gasteiger partial charge in [0, 0.05) is 42.1 Å². The van der Waals surface area contributed by atoms with Crippen LogP contribution in [0.5, 0.6) is 0 Å².